The average molecular weight is 339 g/mol. The van der Waals surface area contributed by atoms with Crippen LogP contribution in [0.15, 0.2) is 30.3 Å². The van der Waals surface area contributed by atoms with E-state index in [0.29, 0.717) is 32.4 Å². The molecule has 1 aromatic carbocycles. The van der Waals surface area contributed by atoms with Gasteiger partial charge in [0.25, 0.3) is 0 Å². The Labute approximate surface area is 138 Å². The third kappa shape index (κ3) is 5.32. The van der Waals surface area contributed by atoms with Crippen LogP contribution in [-0.2, 0) is 26.0 Å². The molecule has 2 rings (SSSR count). The Hall–Kier alpha value is -1.40. The molecule has 0 bridgehead atoms. The summed E-state index contributed by atoms with van der Waals surface area (Å²) in [7, 11) is -3.31. The number of hydrogen-bond acceptors (Lipinski definition) is 4. The van der Waals surface area contributed by atoms with Crippen LogP contribution in [0.1, 0.15) is 31.7 Å². The van der Waals surface area contributed by atoms with Crippen LogP contribution in [0.3, 0.4) is 0 Å². The molecular weight excluding hydrogens is 314 g/mol. The average Bonchev–Trinajstić information content (AvgIpc) is 2.56. The number of aryl methyl sites for hydroxylation is 1. The zero-order chi connectivity index (χ0) is 16.7. The van der Waals surface area contributed by atoms with Gasteiger partial charge in [-0.3, -0.25) is 4.79 Å². The molecule has 1 fully saturated rings. The van der Waals surface area contributed by atoms with Crippen molar-refractivity contribution in [3.63, 3.8) is 0 Å². The van der Waals surface area contributed by atoms with E-state index in [2.05, 4.69) is 0 Å². The largest absolute Gasteiger partial charge is 0.466 e. The number of rotatable bonds is 7. The highest BCUT2D eigenvalue weighted by Crippen LogP contribution is 2.21. The highest BCUT2D eigenvalue weighted by Gasteiger charge is 2.32. The Morgan fingerprint density at radius 2 is 2.04 bits per heavy atom. The molecule has 5 nitrogen and oxygen atoms in total. The maximum atomic E-state index is 12.5. The number of carbonyl (C=O) groups is 1. The molecular formula is C17H25NO4S. The highest BCUT2D eigenvalue weighted by molar-refractivity contribution is 7.89. The molecule has 1 aromatic rings. The van der Waals surface area contributed by atoms with E-state index in [1.54, 1.807) is 6.92 Å². The maximum Gasteiger partial charge on any atom is 0.310 e. The predicted molar refractivity (Wildman–Crippen MR) is 89.5 cm³/mol. The van der Waals surface area contributed by atoms with Crippen LogP contribution in [0.25, 0.3) is 0 Å². The lowest BCUT2D eigenvalue weighted by molar-refractivity contribution is -0.149. The van der Waals surface area contributed by atoms with Gasteiger partial charge in [-0.1, -0.05) is 30.3 Å². The first-order chi connectivity index (χ1) is 11.0. The number of esters is 1. The fourth-order valence-electron chi connectivity index (χ4n) is 2.88. The van der Waals surface area contributed by atoms with Crippen LogP contribution in [0.5, 0.6) is 0 Å². The Kier molecular flexibility index (Phi) is 6.59. The summed E-state index contributed by atoms with van der Waals surface area (Å²) >= 11 is 0. The van der Waals surface area contributed by atoms with Gasteiger partial charge in [-0.2, -0.15) is 0 Å². The van der Waals surface area contributed by atoms with Gasteiger partial charge in [0.05, 0.1) is 18.3 Å². The minimum absolute atomic E-state index is 0.122. The van der Waals surface area contributed by atoms with Gasteiger partial charge in [-0.25, -0.2) is 12.7 Å². The molecule has 1 atom stereocenters. The Balaban J connectivity index is 1.87. The van der Waals surface area contributed by atoms with Gasteiger partial charge < -0.3 is 4.74 Å². The van der Waals surface area contributed by atoms with Crippen molar-refractivity contribution < 1.29 is 17.9 Å². The summed E-state index contributed by atoms with van der Waals surface area (Å²) in [6.07, 6.45) is 2.75. The first kappa shape index (κ1) is 17.9. The van der Waals surface area contributed by atoms with Crippen molar-refractivity contribution >= 4 is 16.0 Å². The minimum atomic E-state index is -3.31. The molecule has 0 amide bonds. The van der Waals surface area contributed by atoms with Crippen molar-refractivity contribution in [3.8, 4) is 0 Å². The van der Waals surface area contributed by atoms with Crippen molar-refractivity contribution in [1.29, 1.82) is 0 Å². The second-order valence-corrected chi connectivity index (χ2v) is 7.94. The lowest BCUT2D eigenvalue weighted by Crippen LogP contribution is -2.43. The van der Waals surface area contributed by atoms with Gasteiger partial charge in [0.1, 0.15) is 0 Å². The zero-order valence-electron chi connectivity index (χ0n) is 13.6. The molecule has 0 radical (unpaired) electrons. The van der Waals surface area contributed by atoms with E-state index in [4.69, 9.17) is 4.74 Å². The summed E-state index contributed by atoms with van der Waals surface area (Å²) in [6.45, 7) is 2.86. The molecule has 1 heterocycles. The monoisotopic (exact) mass is 339 g/mol. The van der Waals surface area contributed by atoms with Crippen molar-refractivity contribution in [2.24, 2.45) is 5.92 Å². The van der Waals surface area contributed by atoms with Crippen LogP contribution in [-0.4, -0.2) is 44.1 Å². The van der Waals surface area contributed by atoms with Crippen molar-refractivity contribution in [2.45, 2.75) is 32.6 Å². The summed E-state index contributed by atoms with van der Waals surface area (Å²) in [5.41, 5.74) is 1.14. The molecule has 0 aromatic heterocycles. The molecule has 1 unspecified atom stereocenters. The second-order valence-electron chi connectivity index (χ2n) is 5.85. The number of hydrogen-bond donors (Lipinski definition) is 0. The van der Waals surface area contributed by atoms with Gasteiger partial charge in [0, 0.05) is 13.1 Å². The summed E-state index contributed by atoms with van der Waals surface area (Å²) in [6, 6.07) is 9.87. The molecule has 6 heteroatoms. The van der Waals surface area contributed by atoms with E-state index in [0.717, 1.165) is 12.0 Å². The number of carbonyl (C=O) groups excluding carboxylic acids is 1. The fraction of sp³-hybridized carbons (Fsp3) is 0.588. The molecule has 1 aliphatic heterocycles. The van der Waals surface area contributed by atoms with Gasteiger partial charge in [0.2, 0.25) is 10.0 Å². The first-order valence-electron chi connectivity index (χ1n) is 8.21. The van der Waals surface area contributed by atoms with Crippen LogP contribution in [0, 0.1) is 5.92 Å². The molecule has 0 saturated carbocycles. The highest BCUT2D eigenvalue weighted by atomic mass is 32.2. The lowest BCUT2D eigenvalue weighted by atomic mass is 10.0. The third-order valence-corrected chi connectivity index (χ3v) is 6.03. The zero-order valence-corrected chi connectivity index (χ0v) is 14.4. The van der Waals surface area contributed by atoms with E-state index in [-0.39, 0.29) is 24.2 Å². The molecule has 1 aliphatic rings. The van der Waals surface area contributed by atoms with E-state index in [1.165, 1.54) is 4.31 Å². The van der Waals surface area contributed by atoms with Crippen molar-refractivity contribution in [2.75, 3.05) is 25.4 Å². The number of nitrogens with zero attached hydrogens (tertiary/aromatic N) is 1. The minimum Gasteiger partial charge on any atom is -0.466 e. The number of benzene rings is 1. The summed E-state index contributed by atoms with van der Waals surface area (Å²) in [4.78, 5) is 11.8. The van der Waals surface area contributed by atoms with E-state index in [1.807, 2.05) is 30.3 Å². The predicted octanol–water partition coefficient (Wildman–Crippen LogP) is 2.22. The van der Waals surface area contributed by atoms with Gasteiger partial charge in [0.15, 0.2) is 0 Å². The molecule has 0 N–H and O–H groups in total. The summed E-state index contributed by atoms with van der Waals surface area (Å²) in [5, 5.41) is 0. The van der Waals surface area contributed by atoms with E-state index >= 15 is 0 Å². The normalized spacial score (nSPS) is 19.4. The van der Waals surface area contributed by atoms with Gasteiger partial charge in [-0.15, -0.1) is 0 Å². The Bertz CT molecular complexity index is 600. The van der Waals surface area contributed by atoms with Crippen LogP contribution >= 0.6 is 0 Å². The van der Waals surface area contributed by atoms with E-state index < -0.39 is 10.0 Å². The maximum absolute atomic E-state index is 12.5. The second kappa shape index (κ2) is 8.45. The quantitative estimate of drug-likeness (QED) is 0.715. The molecule has 0 aliphatic carbocycles. The topological polar surface area (TPSA) is 63.7 Å². The third-order valence-electron chi connectivity index (χ3n) is 4.11. The van der Waals surface area contributed by atoms with Crippen LogP contribution in [0.4, 0.5) is 0 Å². The van der Waals surface area contributed by atoms with Crippen LogP contribution in [0.2, 0.25) is 0 Å². The molecule has 0 spiro atoms. The van der Waals surface area contributed by atoms with Crippen molar-refractivity contribution in [3.05, 3.63) is 35.9 Å². The van der Waals surface area contributed by atoms with Crippen molar-refractivity contribution in [1.82, 2.24) is 4.31 Å². The Morgan fingerprint density at radius 3 is 2.74 bits per heavy atom. The van der Waals surface area contributed by atoms with Gasteiger partial charge in [-0.05, 0) is 38.2 Å². The molecule has 128 valence electrons. The smallest absolute Gasteiger partial charge is 0.310 e. The molecule has 1 saturated heterocycles. The van der Waals surface area contributed by atoms with Crippen LogP contribution < -0.4 is 0 Å². The Morgan fingerprint density at radius 1 is 1.30 bits per heavy atom. The number of sulfonamides is 1. The van der Waals surface area contributed by atoms with Gasteiger partial charge >= 0.3 is 5.97 Å². The lowest BCUT2D eigenvalue weighted by Gasteiger charge is -2.30. The summed E-state index contributed by atoms with van der Waals surface area (Å²) in [5.74, 6) is -0.485. The fourth-order valence-corrected chi connectivity index (χ4v) is 4.46. The molecule has 23 heavy (non-hydrogen) atoms. The standard InChI is InChI=1S/C17H25NO4S/c1-2-22-17(19)16-11-6-12-18(14-16)23(20,21)13-7-10-15-8-4-3-5-9-15/h3-5,8-9,16H,2,6-7,10-14H2,1H3. The first-order valence-corrected chi connectivity index (χ1v) is 9.82. The SMILES string of the molecule is CCOC(=O)C1CCCN(S(=O)(=O)CCCc2ccccc2)C1. The number of piperidine rings is 1. The summed E-state index contributed by atoms with van der Waals surface area (Å²) < 4.78 is 31.4. The van der Waals surface area contributed by atoms with E-state index in [9.17, 15) is 13.2 Å². The number of ether oxygens (including phenoxy) is 1.